The summed E-state index contributed by atoms with van der Waals surface area (Å²) in [6.07, 6.45) is 0.746. The van der Waals surface area contributed by atoms with Crippen LogP contribution in [0, 0.1) is 23.3 Å². The number of piperidine rings is 1. The van der Waals surface area contributed by atoms with Crippen molar-refractivity contribution in [3.8, 4) is 0 Å². The number of ether oxygens (including phenoxy) is 2. The Labute approximate surface area is 221 Å². The molecule has 1 aliphatic rings. The molecular formula is C29H24F4N2O4. The number of aromatic nitrogens is 1. The minimum absolute atomic E-state index is 0.0108. The average Bonchev–Trinajstić information content (AvgIpc) is 3.43. The number of rotatable bonds is 6. The van der Waals surface area contributed by atoms with Crippen LogP contribution in [0.15, 0.2) is 66.9 Å². The van der Waals surface area contributed by atoms with Gasteiger partial charge in [0.2, 0.25) is 0 Å². The lowest BCUT2D eigenvalue weighted by molar-refractivity contribution is -0.152. The first-order valence-corrected chi connectivity index (χ1v) is 12.4. The first kappa shape index (κ1) is 26.3. The second-order valence-electron chi connectivity index (χ2n) is 9.31. The van der Waals surface area contributed by atoms with Crippen LogP contribution in [-0.4, -0.2) is 34.5 Å². The highest BCUT2D eigenvalue weighted by molar-refractivity contribution is 5.86. The van der Waals surface area contributed by atoms with Gasteiger partial charge in [-0.2, -0.15) is 0 Å². The monoisotopic (exact) mass is 540 g/mol. The van der Waals surface area contributed by atoms with E-state index in [2.05, 4.69) is 4.98 Å². The third kappa shape index (κ3) is 5.32. The average molecular weight is 541 g/mol. The molecule has 39 heavy (non-hydrogen) atoms. The summed E-state index contributed by atoms with van der Waals surface area (Å²) in [4.78, 5) is 30.0. The van der Waals surface area contributed by atoms with Crippen LogP contribution >= 0.6 is 0 Å². The third-order valence-electron chi connectivity index (χ3n) is 6.91. The molecule has 0 radical (unpaired) electrons. The molecule has 1 N–H and O–H groups in total. The zero-order chi connectivity index (χ0) is 27.5. The summed E-state index contributed by atoms with van der Waals surface area (Å²) < 4.78 is 67.8. The second kappa shape index (κ2) is 11.2. The van der Waals surface area contributed by atoms with Crippen molar-refractivity contribution in [2.75, 3.05) is 6.54 Å². The van der Waals surface area contributed by atoms with Gasteiger partial charge in [-0.15, -0.1) is 0 Å². The van der Waals surface area contributed by atoms with Crippen molar-refractivity contribution in [1.29, 1.82) is 0 Å². The predicted molar refractivity (Wildman–Crippen MR) is 133 cm³/mol. The molecule has 1 aromatic heterocycles. The molecular weight excluding hydrogens is 516 g/mol. The van der Waals surface area contributed by atoms with E-state index in [0.29, 0.717) is 0 Å². The number of fused-ring (bicyclic) bond motifs is 1. The number of hydrogen-bond donors (Lipinski definition) is 1. The van der Waals surface area contributed by atoms with E-state index < -0.39 is 58.2 Å². The van der Waals surface area contributed by atoms with Gasteiger partial charge in [0.1, 0.15) is 19.3 Å². The molecule has 4 aromatic rings. The molecule has 202 valence electrons. The number of aromatic amines is 1. The van der Waals surface area contributed by atoms with E-state index in [1.54, 1.807) is 48.5 Å². The van der Waals surface area contributed by atoms with Gasteiger partial charge in [0, 0.05) is 18.1 Å². The fraction of sp³-hybridized carbons (Fsp3) is 0.241. The molecule has 6 nitrogen and oxygen atoms in total. The summed E-state index contributed by atoms with van der Waals surface area (Å²) in [6.45, 7) is -0.0157. The summed E-state index contributed by atoms with van der Waals surface area (Å²) in [5.41, 5.74) is 1.17. The number of halogens is 4. The number of H-pyrrole nitrogens is 1. The Bertz CT molecular complexity index is 1490. The van der Waals surface area contributed by atoms with Gasteiger partial charge < -0.3 is 14.5 Å². The van der Waals surface area contributed by atoms with Crippen LogP contribution in [0.25, 0.3) is 10.9 Å². The molecule has 10 heteroatoms. The van der Waals surface area contributed by atoms with E-state index in [1.165, 1.54) is 11.1 Å². The standard InChI is InChI=1S/C29H24F4N2O4/c30-23-22-20(14-34-27(22)26(33)25(32)24(23)31)19-11-12-35(29(37)39-16-18-9-5-2-6-10-18)21(13-19)28(36)38-15-17-7-3-1-4-8-17/h1-10,14,19,21,34H,11-13,15-16H2. The number of benzene rings is 3. The molecule has 0 saturated carbocycles. The highest BCUT2D eigenvalue weighted by Gasteiger charge is 2.40. The van der Waals surface area contributed by atoms with E-state index >= 15 is 0 Å². The number of nitrogens with zero attached hydrogens (tertiary/aromatic N) is 1. The zero-order valence-corrected chi connectivity index (χ0v) is 20.6. The molecule has 1 aliphatic heterocycles. The Balaban J connectivity index is 1.40. The highest BCUT2D eigenvalue weighted by Crippen LogP contribution is 2.39. The largest absolute Gasteiger partial charge is 0.459 e. The number of carbonyl (C=O) groups excluding carboxylic acids is 2. The molecule has 0 bridgehead atoms. The van der Waals surface area contributed by atoms with Gasteiger partial charge >= 0.3 is 12.1 Å². The topological polar surface area (TPSA) is 71.6 Å². The molecule has 1 amide bonds. The lowest BCUT2D eigenvalue weighted by Crippen LogP contribution is -2.50. The van der Waals surface area contributed by atoms with E-state index in [0.717, 1.165) is 11.1 Å². The van der Waals surface area contributed by atoms with Crippen LogP contribution in [0.5, 0.6) is 0 Å². The van der Waals surface area contributed by atoms with Gasteiger partial charge in [-0.3, -0.25) is 4.90 Å². The summed E-state index contributed by atoms with van der Waals surface area (Å²) >= 11 is 0. The predicted octanol–water partition coefficient (Wildman–Crippen LogP) is 6.35. The Morgan fingerprint density at radius 2 is 1.41 bits per heavy atom. The minimum atomic E-state index is -1.92. The molecule has 1 fully saturated rings. The van der Waals surface area contributed by atoms with Crippen LogP contribution in [0.2, 0.25) is 0 Å². The Hall–Kier alpha value is -4.34. The number of carbonyl (C=O) groups is 2. The number of amides is 1. The molecule has 0 aliphatic carbocycles. The summed E-state index contributed by atoms with van der Waals surface area (Å²) in [5, 5.41) is -0.423. The van der Waals surface area contributed by atoms with E-state index in [1.807, 2.05) is 12.1 Å². The Morgan fingerprint density at radius 3 is 2.05 bits per heavy atom. The van der Waals surface area contributed by atoms with Gasteiger partial charge in [-0.25, -0.2) is 27.2 Å². The van der Waals surface area contributed by atoms with Crippen LogP contribution in [-0.2, 0) is 27.5 Å². The highest BCUT2D eigenvalue weighted by atomic mass is 19.2. The maximum absolute atomic E-state index is 14.7. The number of esters is 1. The van der Waals surface area contributed by atoms with Crippen LogP contribution in [0.1, 0.15) is 35.4 Å². The maximum atomic E-state index is 14.7. The van der Waals surface area contributed by atoms with Crippen molar-refractivity contribution in [2.45, 2.75) is 38.0 Å². The van der Waals surface area contributed by atoms with E-state index in [4.69, 9.17) is 9.47 Å². The fourth-order valence-electron chi connectivity index (χ4n) is 4.90. The fourth-order valence-corrected chi connectivity index (χ4v) is 4.90. The lowest BCUT2D eigenvalue weighted by atomic mass is 9.85. The molecule has 3 aromatic carbocycles. The smallest absolute Gasteiger partial charge is 0.410 e. The number of likely N-dealkylation sites (tertiary alicyclic amines) is 1. The number of hydrogen-bond acceptors (Lipinski definition) is 4. The molecule has 2 unspecified atom stereocenters. The Kier molecular flexibility index (Phi) is 7.53. The SMILES string of the molecule is O=C(OCc1ccccc1)C1CC(c2c[nH]c3c(F)c(F)c(F)c(F)c23)CCN1C(=O)OCc1ccccc1. The molecule has 2 atom stereocenters. The van der Waals surface area contributed by atoms with Crippen molar-refractivity contribution in [3.05, 3.63) is 107 Å². The van der Waals surface area contributed by atoms with Crippen molar-refractivity contribution in [1.82, 2.24) is 9.88 Å². The first-order valence-electron chi connectivity index (χ1n) is 12.4. The maximum Gasteiger partial charge on any atom is 0.410 e. The van der Waals surface area contributed by atoms with Gasteiger partial charge in [0.05, 0.1) is 5.52 Å². The molecule has 0 spiro atoms. The second-order valence-corrected chi connectivity index (χ2v) is 9.31. The van der Waals surface area contributed by atoms with Gasteiger partial charge in [0.15, 0.2) is 23.3 Å². The quantitative estimate of drug-likeness (QED) is 0.134. The van der Waals surface area contributed by atoms with E-state index in [9.17, 15) is 27.2 Å². The van der Waals surface area contributed by atoms with Crippen LogP contribution < -0.4 is 0 Å². The van der Waals surface area contributed by atoms with Gasteiger partial charge in [-0.1, -0.05) is 60.7 Å². The van der Waals surface area contributed by atoms with Crippen LogP contribution in [0.3, 0.4) is 0 Å². The van der Waals surface area contributed by atoms with Crippen LogP contribution in [0.4, 0.5) is 22.4 Å². The number of nitrogens with one attached hydrogen (secondary N) is 1. The third-order valence-corrected chi connectivity index (χ3v) is 6.91. The normalized spacial score (nSPS) is 17.3. The summed E-state index contributed by atoms with van der Waals surface area (Å²) in [7, 11) is 0. The Morgan fingerprint density at radius 1 is 0.821 bits per heavy atom. The lowest BCUT2D eigenvalue weighted by Gasteiger charge is -2.37. The summed E-state index contributed by atoms with van der Waals surface area (Å²) in [6, 6.07) is 16.9. The van der Waals surface area contributed by atoms with Crippen molar-refractivity contribution in [3.63, 3.8) is 0 Å². The van der Waals surface area contributed by atoms with Gasteiger partial charge in [0.25, 0.3) is 0 Å². The zero-order valence-electron chi connectivity index (χ0n) is 20.6. The molecule has 5 rings (SSSR count). The summed E-state index contributed by atoms with van der Waals surface area (Å²) in [5.74, 6) is -8.17. The van der Waals surface area contributed by atoms with Gasteiger partial charge in [-0.05, 0) is 35.4 Å². The minimum Gasteiger partial charge on any atom is -0.459 e. The first-order chi connectivity index (χ1) is 18.8. The molecule has 2 heterocycles. The van der Waals surface area contributed by atoms with Crippen molar-refractivity contribution in [2.24, 2.45) is 0 Å². The molecule has 1 saturated heterocycles. The van der Waals surface area contributed by atoms with E-state index in [-0.39, 0.29) is 38.2 Å². The van der Waals surface area contributed by atoms with Crippen molar-refractivity contribution < 1.29 is 36.6 Å². The van der Waals surface area contributed by atoms with Crippen molar-refractivity contribution >= 4 is 23.0 Å².